The van der Waals surface area contributed by atoms with Crippen molar-refractivity contribution in [1.82, 2.24) is 9.78 Å². The molecule has 1 aromatic heterocycles. The minimum atomic E-state index is -0.559. The molecule has 2 aliphatic carbocycles. The van der Waals surface area contributed by atoms with Crippen molar-refractivity contribution in [3.63, 3.8) is 0 Å². The molecule has 0 fully saturated rings. The molecule has 0 radical (unpaired) electrons. The van der Waals surface area contributed by atoms with Crippen LogP contribution in [0.2, 0.25) is 0 Å². The minimum Gasteiger partial charge on any atom is -0.481 e. The number of methoxy groups -OCH3 is 1. The van der Waals surface area contributed by atoms with E-state index in [1.54, 1.807) is 11.8 Å². The number of hydrogen-bond acceptors (Lipinski definition) is 4. The van der Waals surface area contributed by atoms with Gasteiger partial charge in [-0.15, -0.1) is 0 Å². The van der Waals surface area contributed by atoms with Crippen molar-refractivity contribution in [2.75, 3.05) is 7.11 Å². The molecule has 5 heteroatoms. The largest absolute Gasteiger partial charge is 0.481 e. The summed E-state index contributed by atoms with van der Waals surface area (Å²) in [6.07, 6.45) is 3.56. The summed E-state index contributed by atoms with van der Waals surface area (Å²) >= 11 is 0. The average Bonchev–Trinajstić information content (AvgIpc) is 2.80. The Morgan fingerprint density at radius 1 is 1.45 bits per heavy atom. The fourth-order valence-corrected chi connectivity index (χ4v) is 4.45. The number of rotatable bonds is 1. The lowest BCUT2D eigenvalue weighted by Crippen LogP contribution is -2.51. The van der Waals surface area contributed by atoms with Crippen LogP contribution in [0.15, 0.2) is 11.6 Å². The SMILES string of the molecule is COc1c2c(nn1C)C1(C)C=C(C#N)C(=O)C(C)(C)C1CC2. The van der Waals surface area contributed by atoms with Crippen LogP contribution >= 0.6 is 0 Å². The molecule has 22 heavy (non-hydrogen) atoms. The third kappa shape index (κ3) is 1.64. The van der Waals surface area contributed by atoms with Crippen LogP contribution in [0.1, 0.15) is 38.4 Å². The van der Waals surface area contributed by atoms with Gasteiger partial charge in [-0.3, -0.25) is 4.79 Å². The van der Waals surface area contributed by atoms with Crippen LogP contribution in [0.5, 0.6) is 5.88 Å². The standard InChI is InChI=1S/C17H21N3O2/c1-16(2)12-7-6-11-13(19-20(4)15(11)22-5)17(12,3)8-10(9-18)14(16)21/h8,12H,6-7H2,1-5H3. The maximum Gasteiger partial charge on any atom is 0.214 e. The van der Waals surface area contributed by atoms with Gasteiger partial charge in [0.2, 0.25) is 5.88 Å². The lowest BCUT2D eigenvalue weighted by atomic mass is 9.52. The summed E-state index contributed by atoms with van der Waals surface area (Å²) in [4.78, 5) is 12.6. The fraction of sp³-hybridized carbons (Fsp3) is 0.588. The van der Waals surface area contributed by atoms with E-state index in [1.807, 2.05) is 27.0 Å². The van der Waals surface area contributed by atoms with E-state index in [1.165, 1.54) is 0 Å². The van der Waals surface area contributed by atoms with Gasteiger partial charge in [0.1, 0.15) is 6.07 Å². The number of nitrogens with zero attached hydrogens (tertiary/aromatic N) is 3. The molecule has 0 aliphatic heterocycles. The van der Waals surface area contributed by atoms with Gasteiger partial charge in [0.25, 0.3) is 0 Å². The van der Waals surface area contributed by atoms with Crippen LogP contribution in [0.25, 0.3) is 0 Å². The molecule has 116 valence electrons. The Labute approximate surface area is 130 Å². The summed E-state index contributed by atoms with van der Waals surface area (Å²) in [6.45, 7) is 6.00. The molecular weight excluding hydrogens is 278 g/mol. The highest BCUT2D eigenvalue weighted by atomic mass is 16.5. The van der Waals surface area contributed by atoms with Crippen LogP contribution in [-0.4, -0.2) is 22.7 Å². The van der Waals surface area contributed by atoms with Gasteiger partial charge in [-0.2, -0.15) is 10.4 Å². The number of ketones is 1. The summed E-state index contributed by atoms with van der Waals surface area (Å²) in [5.74, 6) is 0.858. The molecule has 0 aromatic carbocycles. The van der Waals surface area contributed by atoms with Gasteiger partial charge in [-0.05, 0) is 18.8 Å². The number of ether oxygens (including phenoxy) is 1. The second-order valence-electron chi connectivity index (χ2n) is 7.05. The maximum atomic E-state index is 12.6. The monoisotopic (exact) mass is 299 g/mol. The van der Waals surface area contributed by atoms with Gasteiger partial charge in [-0.1, -0.05) is 26.8 Å². The van der Waals surface area contributed by atoms with Crippen molar-refractivity contribution >= 4 is 5.78 Å². The Kier molecular flexibility index (Phi) is 3.00. The van der Waals surface area contributed by atoms with Crippen molar-refractivity contribution in [2.24, 2.45) is 18.4 Å². The first-order valence-corrected chi connectivity index (χ1v) is 7.55. The summed E-state index contributed by atoms with van der Waals surface area (Å²) in [5, 5.41) is 14.0. The lowest BCUT2D eigenvalue weighted by molar-refractivity contribution is -0.128. The van der Waals surface area contributed by atoms with Crippen molar-refractivity contribution < 1.29 is 9.53 Å². The Morgan fingerprint density at radius 3 is 2.73 bits per heavy atom. The van der Waals surface area contributed by atoms with Gasteiger partial charge in [0, 0.05) is 23.4 Å². The number of Topliss-reactive ketones (excluding diaryl/α,β-unsaturated/α-hetero) is 1. The smallest absolute Gasteiger partial charge is 0.214 e. The highest BCUT2D eigenvalue weighted by molar-refractivity contribution is 6.04. The molecule has 0 bridgehead atoms. The van der Waals surface area contributed by atoms with Crippen molar-refractivity contribution in [3.8, 4) is 11.9 Å². The molecular formula is C17H21N3O2. The number of hydrogen-bond donors (Lipinski definition) is 0. The Hall–Kier alpha value is -2.09. The third-order valence-corrected chi connectivity index (χ3v) is 5.46. The summed E-state index contributed by atoms with van der Waals surface area (Å²) < 4.78 is 7.23. The van der Waals surface area contributed by atoms with Gasteiger partial charge < -0.3 is 4.74 Å². The zero-order valence-electron chi connectivity index (χ0n) is 13.7. The molecule has 3 rings (SSSR count). The highest BCUT2D eigenvalue weighted by Gasteiger charge is 2.55. The minimum absolute atomic E-state index is 0.0520. The third-order valence-electron chi connectivity index (χ3n) is 5.46. The van der Waals surface area contributed by atoms with Gasteiger partial charge in [0.05, 0.1) is 18.4 Å². The summed E-state index contributed by atoms with van der Waals surface area (Å²) in [6, 6.07) is 2.08. The van der Waals surface area contributed by atoms with Crippen LogP contribution in [-0.2, 0) is 23.7 Å². The molecule has 0 N–H and O–H groups in total. The Morgan fingerprint density at radius 2 is 2.14 bits per heavy atom. The molecule has 2 unspecified atom stereocenters. The van der Waals surface area contributed by atoms with E-state index < -0.39 is 10.8 Å². The first-order valence-electron chi connectivity index (χ1n) is 7.55. The molecule has 1 aromatic rings. The van der Waals surface area contributed by atoms with E-state index in [-0.39, 0.29) is 17.3 Å². The van der Waals surface area contributed by atoms with Gasteiger partial charge >= 0.3 is 0 Å². The molecule has 0 amide bonds. The number of aryl methyl sites for hydroxylation is 1. The van der Waals surface area contributed by atoms with Crippen molar-refractivity contribution in [3.05, 3.63) is 22.9 Å². The van der Waals surface area contributed by atoms with E-state index in [0.29, 0.717) is 0 Å². The highest BCUT2D eigenvalue weighted by Crippen LogP contribution is 2.55. The van der Waals surface area contributed by atoms with Crippen LogP contribution in [0, 0.1) is 22.7 Å². The molecule has 5 nitrogen and oxygen atoms in total. The molecule has 0 saturated carbocycles. The first kappa shape index (κ1) is 14.8. The topological polar surface area (TPSA) is 67.9 Å². The van der Waals surface area contributed by atoms with Crippen LogP contribution < -0.4 is 4.74 Å². The van der Waals surface area contributed by atoms with Crippen molar-refractivity contribution in [1.29, 1.82) is 5.26 Å². The Balaban J connectivity index is 2.29. The van der Waals surface area contributed by atoms with Crippen LogP contribution in [0.3, 0.4) is 0 Å². The molecule has 0 spiro atoms. The van der Waals surface area contributed by atoms with E-state index in [9.17, 15) is 10.1 Å². The van der Waals surface area contributed by atoms with Crippen molar-refractivity contribution in [2.45, 2.75) is 39.0 Å². The number of fused-ring (bicyclic) bond motifs is 3. The summed E-state index contributed by atoms with van der Waals surface area (Å²) in [5.41, 5.74) is 1.32. The van der Waals surface area contributed by atoms with E-state index in [2.05, 4.69) is 18.1 Å². The number of aromatic nitrogens is 2. The van der Waals surface area contributed by atoms with Gasteiger partial charge in [0.15, 0.2) is 5.78 Å². The molecule has 2 atom stereocenters. The average molecular weight is 299 g/mol. The lowest BCUT2D eigenvalue weighted by Gasteiger charge is -2.49. The summed E-state index contributed by atoms with van der Waals surface area (Å²) in [7, 11) is 3.51. The maximum absolute atomic E-state index is 12.6. The predicted octanol–water partition coefficient (Wildman–Crippen LogP) is 2.31. The molecule has 0 saturated heterocycles. The Bertz CT molecular complexity index is 736. The molecule has 1 heterocycles. The normalized spacial score (nSPS) is 29.2. The molecule has 2 aliphatic rings. The number of carbonyl (C=O) groups is 1. The van der Waals surface area contributed by atoms with Gasteiger partial charge in [-0.25, -0.2) is 4.68 Å². The quantitative estimate of drug-likeness (QED) is 0.798. The van der Waals surface area contributed by atoms with E-state index in [0.717, 1.165) is 30.0 Å². The first-order chi connectivity index (χ1) is 10.3. The van der Waals surface area contributed by atoms with E-state index >= 15 is 0 Å². The second kappa shape index (κ2) is 4.45. The number of nitriles is 1. The predicted molar refractivity (Wildman–Crippen MR) is 81.4 cm³/mol. The van der Waals surface area contributed by atoms with E-state index in [4.69, 9.17) is 4.74 Å². The zero-order valence-corrected chi connectivity index (χ0v) is 13.7. The fourth-order valence-electron chi connectivity index (χ4n) is 4.45. The number of allylic oxidation sites excluding steroid dienone is 2. The number of carbonyl (C=O) groups excluding carboxylic acids is 1. The zero-order chi connectivity index (χ0) is 16.3. The second-order valence-corrected chi connectivity index (χ2v) is 7.05. The van der Waals surface area contributed by atoms with Crippen LogP contribution in [0.4, 0.5) is 0 Å².